The van der Waals surface area contributed by atoms with Gasteiger partial charge in [-0.1, -0.05) is 147 Å². The molecule has 72 heavy (non-hydrogen) atoms. The van der Waals surface area contributed by atoms with Crippen molar-refractivity contribution >= 4 is 56.1 Å². The van der Waals surface area contributed by atoms with Crippen molar-refractivity contribution in [1.82, 2.24) is 19.5 Å². The van der Waals surface area contributed by atoms with Gasteiger partial charge in [0.1, 0.15) is 11.6 Å². The highest BCUT2D eigenvalue weighted by molar-refractivity contribution is 6.11. The lowest BCUT2D eigenvalue weighted by molar-refractivity contribution is 0.631. The van der Waals surface area contributed by atoms with E-state index in [9.17, 15) is 0 Å². The van der Waals surface area contributed by atoms with Gasteiger partial charge in [-0.3, -0.25) is 19.4 Å². The van der Waals surface area contributed by atoms with E-state index < -0.39 is 0 Å². The third-order valence-corrected chi connectivity index (χ3v) is 14.4. The molecule has 0 N–H and O–H groups in total. The van der Waals surface area contributed by atoms with Gasteiger partial charge in [-0.15, -0.1) is 0 Å². The van der Waals surface area contributed by atoms with Crippen LogP contribution in [0.25, 0.3) is 72.1 Å². The maximum Gasteiger partial charge on any atom is 0.142 e. The molecular weight excluding hydrogens is 877 g/mol. The van der Waals surface area contributed by atoms with Gasteiger partial charge in [-0.25, -0.2) is 4.98 Å². The smallest absolute Gasteiger partial charge is 0.142 e. The van der Waals surface area contributed by atoms with Crippen molar-refractivity contribution in [3.05, 3.63) is 266 Å². The molecule has 5 heterocycles. The highest BCUT2D eigenvalue weighted by atomic mass is 15.2. The molecular formula is C66H48N6. The maximum absolute atomic E-state index is 5.83. The summed E-state index contributed by atoms with van der Waals surface area (Å²) in [5, 5.41) is 2.31. The van der Waals surface area contributed by atoms with Crippen molar-refractivity contribution in [2.24, 2.45) is 0 Å². The van der Waals surface area contributed by atoms with Crippen LogP contribution in [0.4, 0.5) is 34.3 Å². The molecule has 0 fully saturated rings. The van der Waals surface area contributed by atoms with Crippen LogP contribution in [-0.2, 0) is 5.41 Å². The summed E-state index contributed by atoms with van der Waals surface area (Å²) >= 11 is 0. The first-order chi connectivity index (χ1) is 35.5. The molecule has 6 heteroatoms. The Hall–Kier alpha value is -9.39. The predicted molar refractivity (Wildman–Crippen MR) is 297 cm³/mol. The van der Waals surface area contributed by atoms with Gasteiger partial charge < -0.3 is 4.90 Å². The Morgan fingerprint density at radius 3 is 1.21 bits per heavy atom. The van der Waals surface area contributed by atoms with Crippen LogP contribution in [0, 0.1) is 0 Å². The summed E-state index contributed by atoms with van der Waals surface area (Å²) in [5.41, 5.74) is 18.7. The van der Waals surface area contributed by atoms with Crippen molar-refractivity contribution in [2.45, 2.75) is 19.3 Å². The van der Waals surface area contributed by atoms with E-state index in [0.717, 1.165) is 95.3 Å². The number of hydrogen-bond acceptors (Lipinski definition) is 5. The first kappa shape index (κ1) is 42.7. The van der Waals surface area contributed by atoms with Crippen LogP contribution in [0.2, 0.25) is 0 Å². The van der Waals surface area contributed by atoms with Crippen molar-refractivity contribution in [2.75, 3.05) is 9.80 Å². The third kappa shape index (κ3) is 7.40. The average molecular weight is 925 g/mol. The molecule has 0 saturated heterocycles. The minimum atomic E-state index is -0.247. The first-order valence-electron chi connectivity index (χ1n) is 24.5. The summed E-state index contributed by atoms with van der Waals surface area (Å²) in [7, 11) is 0. The fraction of sp³-hybridized carbons (Fsp3) is 0.0455. The SMILES string of the molecule is CC1(C)c2ccccc2N(c2cc(N(c3ccc(-c4ccncc4)cc3)c3ccc(-c4ccncc4)cc3)cc(-n3c4ccc(-c5ccccc5)cc4c4cc(-c5ccccc5)ccc43)n2)c2ccccc21. The average Bonchev–Trinajstić information content (AvgIpc) is 3.78. The fourth-order valence-corrected chi connectivity index (χ4v) is 10.8. The molecule has 1 aliphatic heterocycles. The van der Waals surface area contributed by atoms with E-state index in [1.807, 2.05) is 24.8 Å². The van der Waals surface area contributed by atoms with E-state index in [-0.39, 0.29) is 5.41 Å². The molecule has 0 atom stereocenters. The number of fused-ring (bicyclic) bond motifs is 5. The standard InChI is InChI=1S/C66H48N6/c1-66(2)58-17-9-11-19-62(58)72(63-20-12-10-18-59(63)66)65-44-55(70(53-27-21-47(22-28-53)49-33-37-67-38-34-49)54-29-23-48(24-30-54)50-35-39-68-40-36-50)43-64(69-65)71-60-31-25-51(45-13-5-3-6-14-45)41-56(60)57-42-52(26-32-61(57)71)46-15-7-4-8-16-46/h3-44H,1-2H3. The molecule has 0 radical (unpaired) electrons. The monoisotopic (exact) mass is 924 g/mol. The zero-order chi connectivity index (χ0) is 48.2. The third-order valence-electron chi connectivity index (χ3n) is 14.4. The summed E-state index contributed by atoms with van der Waals surface area (Å²) in [6.45, 7) is 4.66. The van der Waals surface area contributed by atoms with Crippen LogP contribution in [0.15, 0.2) is 255 Å². The van der Waals surface area contributed by atoms with Gasteiger partial charge in [0.15, 0.2) is 0 Å². The molecule has 13 rings (SSSR count). The molecule has 0 unspecified atom stereocenters. The zero-order valence-corrected chi connectivity index (χ0v) is 39.9. The van der Waals surface area contributed by atoms with Crippen LogP contribution in [0.1, 0.15) is 25.0 Å². The molecule has 8 aromatic carbocycles. The van der Waals surface area contributed by atoms with Crippen LogP contribution in [-0.4, -0.2) is 19.5 Å². The second-order valence-corrected chi connectivity index (χ2v) is 19.0. The summed E-state index contributed by atoms with van der Waals surface area (Å²) < 4.78 is 2.37. The van der Waals surface area contributed by atoms with E-state index in [4.69, 9.17) is 4.98 Å². The van der Waals surface area contributed by atoms with Gasteiger partial charge in [-0.2, -0.15) is 0 Å². The molecule has 4 aromatic heterocycles. The Bertz CT molecular complexity index is 3700. The Balaban J connectivity index is 1.09. The van der Waals surface area contributed by atoms with Crippen molar-refractivity contribution in [3.63, 3.8) is 0 Å². The summed E-state index contributed by atoms with van der Waals surface area (Å²) in [6, 6.07) is 83.1. The molecule has 342 valence electrons. The quantitative estimate of drug-likeness (QED) is 0.144. The van der Waals surface area contributed by atoms with Gasteiger partial charge in [0, 0.05) is 64.5 Å². The Morgan fingerprint density at radius 1 is 0.347 bits per heavy atom. The van der Waals surface area contributed by atoms with Crippen LogP contribution < -0.4 is 9.80 Å². The zero-order valence-electron chi connectivity index (χ0n) is 39.9. The normalized spacial score (nSPS) is 12.7. The number of aromatic nitrogens is 4. The van der Waals surface area contributed by atoms with Gasteiger partial charge in [-0.05, 0) is 141 Å². The van der Waals surface area contributed by atoms with Crippen LogP contribution in [0.5, 0.6) is 0 Å². The Morgan fingerprint density at radius 2 is 0.736 bits per heavy atom. The Kier molecular flexibility index (Phi) is 10.4. The predicted octanol–water partition coefficient (Wildman–Crippen LogP) is 17.2. The number of nitrogens with zero attached hydrogens (tertiary/aromatic N) is 6. The van der Waals surface area contributed by atoms with Gasteiger partial charge in [0.05, 0.1) is 28.1 Å². The number of pyridine rings is 3. The molecule has 0 saturated carbocycles. The number of para-hydroxylation sites is 2. The molecule has 0 aliphatic carbocycles. The first-order valence-corrected chi connectivity index (χ1v) is 24.5. The minimum Gasteiger partial charge on any atom is -0.310 e. The van der Waals surface area contributed by atoms with E-state index >= 15 is 0 Å². The van der Waals surface area contributed by atoms with Gasteiger partial charge in [0.2, 0.25) is 0 Å². The highest BCUT2D eigenvalue weighted by Gasteiger charge is 2.37. The van der Waals surface area contributed by atoms with Gasteiger partial charge >= 0.3 is 0 Å². The van der Waals surface area contributed by atoms with Crippen molar-refractivity contribution in [3.8, 4) is 50.3 Å². The number of benzene rings is 8. The molecule has 0 bridgehead atoms. The molecule has 0 amide bonds. The lowest BCUT2D eigenvalue weighted by Crippen LogP contribution is -2.31. The van der Waals surface area contributed by atoms with E-state index in [1.54, 1.807) is 0 Å². The van der Waals surface area contributed by atoms with Crippen molar-refractivity contribution < 1.29 is 0 Å². The van der Waals surface area contributed by atoms with Gasteiger partial charge in [0.25, 0.3) is 0 Å². The van der Waals surface area contributed by atoms with Crippen molar-refractivity contribution in [1.29, 1.82) is 0 Å². The fourth-order valence-electron chi connectivity index (χ4n) is 10.8. The number of anilines is 6. The maximum atomic E-state index is 5.83. The largest absolute Gasteiger partial charge is 0.310 e. The molecule has 6 nitrogen and oxygen atoms in total. The molecule has 12 aromatic rings. The van der Waals surface area contributed by atoms with Crippen LogP contribution in [0.3, 0.4) is 0 Å². The second kappa shape index (κ2) is 17.5. The summed E-state index contributed by atoms with van der Waals surface area (Å²) in [6.07, 6.45) is 7.38. The minimum absolute atomic E-state index is 0.247. The highest BCUT2D eigenvalue weighted by Crippen LogP contribution is 2.52. The molecule has 1 aliphatic rings. The second-order valence-electron chi connectivity index (χ2n) is 19.0. The lowest BCUT2D eigenvalue weighted by atomic mass is 9.73. The number of rotatable bonds is 9. The lowest BCUT2D eigenvalue weighted by Gasteiger charge is -2.41. The van der Waals surface area contributed by atoms with E-state index in [1.165, 1.54) is 22.3 Å². The Labute approximate surface area is 419 Å². The topological polar surface area (TPSA) is 50.1 Å². The van der Waals surface area contributed by atoms with E-state index in [2.05, 4.69) is 269 Å². The summed E-state index contributed by atoms with van der Waals surface area (Å²) in [5.74, 6) is 1.61. The van der Waals surface area contributed by atoms with E-state index in [0.29, 0.717) is 0 Å². The number of hydrogen-bond donors (Lipinski definition) is 0. The summed E-state index contributed by atoms with van der Waals surface area (Å²) in [4.78, 5) is 19.1. The molecule has 0 spiro atoms. The van der Waals surface area contributed by atoms with Crippen LogP contribution >= 0.6 is 0 Å².